The summed E-state index contributed by atoms with van der Waals surface area (Å²) in [7, 11) is 0. The van der Waals surface area contributed by atoms with Crippen LogP contribution in [0.25, 0.3) is 22.8 Å². The second-order valence-electron chi connectivity index (χ2n) is 3.63. The molecule has 2 heterocycles. The average Bonchev–Trinajstić information content (AvgIpc) is 2.98. The molecule has 0 aliphatic heterocycles. The molecule has 7 heteroatoms. The van der Waals surface area contributed by atoms with Crippen molar-refractivity contribution in [2.45, 2.75) is 0 Å². The number of nitrogens with two attached hydrogens (primary N) is 1. The third-order valence-electron chi connectivity index (χ3n) is 2.43. The number of anilines is 1. The van der Waals surface area contributed by atoms with Crippen molar-refractivity contribution in [1.82, 2.24) is 20.3 Å². The zero-order chi connectivity index (χ0) is 12.5. The van der Waals surface area contributed by atoms with Crippen molar-refractivity contribution < 1.29 is 4.52 Å². The van der Waals surface area contributed by atoms with Gasteiger partial charge in [0, 0.05) is 10.6 Å². The van der Waals surface area contributed by atoms with E-state index in [0.29, 0.717) is 28.1 Å². The van der Waals surface area contributed by atoms with Crippen LogP contribution in [-0.4, -0.2) is 20.3 Å². The number of aromatic nitrogens is 4. The first-order valence-electron chi connectivity index (χ1n) is 5.13. The van der Waals surface area contributed by atoms with Gasteiger partial charge in [0.1, 0.15) is 11.4 Å². The fourth-order valence-electron chi connectivity index (χ4n) is 1.52. The van der Waals surface area contributed by atoms with Crippen LogP contribution in [0.3, 0.4) is 0 Å². The lowest BCUT2D eigenvalue weighted by atomic mass is 10.2. The Hall–Kier alpha value is -2.34. The predicted molar refractivity (Wildman–Crippen MR) is 66.7 cm³/mol. The van der Waals surface area contributed by atoms with Crippen LogP contribution in [-0.2, 0) is 0 Å². The Morgan fingerprint density at radius 2 is 2.00 bits per heavy atom. The molecule has 0 saturated heterocycles. The van der Waals surface area contributed by atoms with Crippen molar-refractivity contribution in [3.05, 3.63) is 35.5 Å². The van der Waals surface area contributed by atoms with Gasteiger partial charge in [0.2, 0.25) is 5.82 Å². The second kappa shape index (κ2) is 4.15. The zero-order valence-corrected chi connectivity index (χ0v) is 9.85. The number of aromatic amines is 1. The van der Waals surface area contributed by atoms with E-state index in [9.17, 15) is 0 Å². The molecule has 1 aromatic carbocycles. The number of benzene rings is 1. The summed E-state index contributed by atoms with van der Waals surface area (Å²) in [6, 6.07) is 7.16. The average molecular weight is 262 g/mol. The van der Waals surface area contributed by atoms with E-state index in [2.05, 4.69) is 20.3 Å². The maximum Gasteiger partial charge on any atom is 0.263 e. The number of H-pyrrole nitrogens is 1. The lowest BCUT2D eigenvalue weighted by Gasteiger charge is -1.93. The van der Waals surface area contributed by atoms with Gasteiger partial charge in [-0.25, -0.2) is 0 Å². The van der Waals surface area contributed by atoms with Gasteiger partial charge in [-0.15, -0.1) is 0 Å². The number of hydrogen-bond acceptors (Lipinski definition) is 5. The van der Waals surface area contributed by atoms with E-state index in [1.807, 2.05) is 12.1 Å². The normalized spacial score (nSPS) is 10.7. The summed E-state index contributed by atoms with van der Waals surface area (Å²) < 4.78 is 5.14. The van der Waals surface area contributed by atoms with Gasteiger partial charge in [-0.2, -0.15) is 10.1 Å². The first-order valence-corrected chi connectivity index (χ1v) is 5.50. The van der Waals surface area contributed by atoms with Crippen molar-refractivity contribution in [2.24, 2.45) is 0 Å². The van der Waals surface area contributed by atoms with Crippen molar-refractivity contribution in [3.63, 3.8) is 0 Å². The summed E-state index contributed by atoms with van der Waals surface area (Å²) in [6.45, 7) is 0. The predicted octanol–water partition coefficient (Wildman–Crippen LogP) is 2.36. The molecule has 6 nitrogen and oxygen atoms in total. The van der Waals surface area contributed by atoms with Crippen LogP contribution in [0.2, 0.25) is 5.02 Å². The molecule has 0 aliphatic carbocycles. The van der Waals surface area contributed by atoms with E-state index in [0.717, 1.165) is 5.56 Å². The first kappa shape index (κ1) is 10.8. The van der Waals surface area contributed by atoms with Crippen molar-refractivity contribution in [2.75, 3.05) is 5.73 Å². The highest BCUT2D eigenvalue weighted by molar-refractivity contribution is 6.30. The second-order valence-corrected chi connectivity index (χ2v) is 4.06. The van der Waals surface area contributed by atoms with Gasteiger partial charge in [-0.05, 0) is 24.3 Å². The Kier molecular flexibility index (Phi) is 2.49. The quantitative estimate of drug-likeness (QED) is 0.738. The number of nitrogens with one attached hydrogen (secondary N) is 1. The Labute approximate surface area is 107 Å². The molecule has 2 aromatic heterocycles. The lowest BCUT2D eigenvalue weighted by molar-refractivity contribution is 0.432. The molecule has 18 heavy (non-hydrogen) atoms. The van der Waals surface area contributed by atoms with Crippen molar-refractivity contribution in [3.8, 4) is 22.8 Å². The summed E-state index contributed by atoms with van der Waals surface area (Å²) >= 11 is 5.81. The molecular formula is C11H8ClN5O. The molecule has 3 rings (SSSR count). The number of hydrogen-bond donors (Lipinski definition) is 2. The van der Waals surface area contributed by atoms with Gasteiger partial charge < -0.3 is 10.3 Å². The van der Waals surface area contributed by atoms with Crippen LogP contribution in [0.15, 0.2) is 35.0 Å². The minimum absolute atomic E-state index is 0.325. The zero-order valence-electron chi connectivity index (χ0n) is 9.09. The van der Waals surface area contributed by atoms with E-state index in [1.54, 1.807) is 12.1 Å². The Morgan fingerprint density at radius 1 is 1.22 bits per heavy atom. The van der Waals surface area contributed by atoms with E-state index in [4.69, 9.17) is 21.9 Å². The third-order valence-corrected chi connectivity index (χ3v) is 2.68. The maximum absolute atomic E-state index is 5.81. The van der Waals surface area contributed by atoms with Gasteiger partial charge in [0.15, 0.2) is 0 Å². The molecule has 3 N–H and O–H groups in total. The lowest BCUT2D eigenvalue weighted by Crippen LogP contribution is -1.87. The van der Waals surface area contributed by atoms with Gasteiger partial charge in [0.05, 0.1) is 6.20 Å². The minimum Gasteiger partial charge on any atom is -0.383 e. The topological polar surface area (TPSA) is 93.6 Å². The molecular weight excluding hydrogens is 254 g/mol. The third kappa shape index (κ3) is 1.82. The molecule has 0 radical (unpaired) electrons. The minimum atomic E-state index is 0.325. The number of halogens is 1. The molecule has 0 amide bonds. The van der Waals surface area contributed by atoms with Crippen molar-refractivity contribution in [1.29, 1.82) is 0 Å². The van der Waals surface area contributed by atoms with Gasteiger partial charge >= 0.3 is 0 Å². The summed E-state index contributed by atoms with van der Waals surface area (Å²) in [4.78, 5) is 4.25. The van der Waals surface area contributed by atoms with E-state index >= 15 is 0 Å². The van der Waals surface area contributed by atoms with Crippen LogP contribution < -0.4 is 5.73 Å². The molecule has 0 saturated carbocycles. The molecule has 0 bridgehead atoms. The smallest absolute Gasteiger partial charge is 0.263 e. The van der Waals surface area contributed by atoms with E-state index in [1.165, 1.54) is 6.20 Å². The largest absolute Gasteiger partial charge is 0.383 e. The standard InChI is InChI=1S/C11H8ClN5O/c12-7-3-1-6(2-4-7)10-15-11(18-17-10)8-5-14-16-9(8)13/h1-5H,(H3,13,14,16). The van der Waals surface area contributed by atoms with Crippen LogP contribution in [0.1, 0.15) is 0 Å². The van der Waals surface area contributed by atoms with Crippen LogP contribution in [0, 0.1) is 0 Å². The highest BCUT2D eigenvalue weighted by Crippen LogP contribution is 2.25. The molecule has 0 aliphatic rings. The molecule has 0 fully saturated rings. The molecule has 0 spiro atoms. The van der Waals surface area contributed by atoms with Gasteiger partial charge in [-0.3, -0.25) is 5.10 Å². The van der Waals surface area contributed by atoms with Crippen LogP contribution >= 0.6 is 11.6 Å². The van der Waals surface area contributed by atoms with Gasteiger partial charge in [0.25, 0.3) is 5.89 Å². The Morgan fingerprint density at radius 3 is 2.67 bits per heavy atom. The monoisotopic (exact) mass is 261 g/mol. The van der Waals surface area contributed by atoms with Crippen molar-refractivity contribution >= 4 is 17.4 Å². The summed E-state index contributed by atoms with van der Waals surface area (Å²) in [5, 5.41) is 10.9. The fourth-order valence-corrected chi connectivity index (χ4v) is 1.64. The van der Waals surface area contributed by atoms with E-state index in [-0.39, 0.29) is 0 Å². The highest BCUT2D eigenvalue weighted by atomic mass is 35.5. The molecule has 3 aromatic rings. The maximum atomic E-state index is 5.81. The summed E-state index contributed by atoms with van der Waals surface area (Å²) in [5.74, 6) is 1.19. The summed E-state index contributed by atoms with van der Waals surface area (Å²) in [6.07, 6.45) is 1.54. The Bertz CT molecular complexity index is 673. The number of nitrogen functional groups attached to an aromatic ring is 1. The first-order chi connectivity index (χ1) is 8.74. The SMILES string of the molecule is Nc1[nH]ncc1-c1nc(-c2ccc(Cl)cc2)no1. The molecule has 0 atom stereocenters. The number of rotatable bonds is 2. The van der Waals surface area contributed by atoms with Crippen LogP contribution in [0.5, 0.6) is 0 Å². The van der Waals surface area contributed by atoms with Gasteiger partial charge in [-0.1, -0.05) is 16.8 Å². The Balaban J connectivity index is 1.99. The van der Waals surface area contributed by atoms with Crippen LogP contribution in [0.4, 0.5) is 5.82 Å². The summed E-state index contributed by atoms with van der Waals surface area (Å²) in [5.41, 5.74) is 7.08. The number of nitrogens with zero attached hydrogens (tertiary/aromatic N) is 3. The highest BCUT2D eigenvalue weighted by Gasteiger charge is 2.14. The molecule has 0 unspecified atom stereocenters. The molecule has 90 valence electrons. The van der Waals surface area contributed by atoms with E-state index < -0.39 is 0 Å². The fraction of sp³-hybridized carbons (Fsp3) is 0.